The van der Waals surface area contributed by atoms with Crippen molar-refractivity contribution < 1.29 is 4.74 Å². The van der Waals surface area contributed by atoms with Crippen LogP contribution in [-0.4, -0.2) is 13.2 Å². The van der Waals surface area contributed by atoms with E-state index in [2.05, 4.69) is 19.2 Å². The lowest BCUT2D eigenvalue weighted by molar-refractivity contribution is 0.247. The zero-order valence-electron chi connectivity index (χ0n) is 11.5. The van der Waals surface area contributed by atoms with Crippen molar-refractivity contribution in [3.05, 3.63) is 27.7 Å². The van der Waals surface area contributed by atoms with Crippen molar-refractivity contribution in [3.8, 4) is 5.75 Å². The minimum absolute atomic E-state index is 0.292. The minimum Gasteiger partial charge on any atom is -0.492 e. The van der Waals surface area contributed by atoms with E-state index >= 15 is 0 Å². The number of benzene rings is 1. The summed E-state index contributed by atoms with van der Waals surface area (Å²) in [7, 11) is 0. The van der Waals surface area contributed by atoms with E-state index < -0.39 is 0 Å². The zero-order valence-corrected chi connectivity index (χ0v) is 13.0. The maximum Gasteiger partial charge on any atom is 0.142 e. The second kappa shape index (κ2) is 6.83. The first-order chi connectivity index (χ1) is 9.15. The highest BCUT2D eigenvalue weighted by atomic mass is 35.5. The number of ether oxygens (including phenoxy) is 1. The highest BCUT2D eigenvalue weighted by Crippen LogP contribution is 2.39. The van der Waals surface area contributed by atoms with Crippen molar-refractivity contribution >= 4 is 23.2 Å². The van der Waals surface area contributed by atoms with Crippen molar-refractivity contribution in [2.24, 2.45) is 5.92 Å². The Bertz CT molecular complexity index is 432. The average Bonchev–Trinajstić information content (AvgIpc) is 2.40. The molecule has 0 amide bonds. The SMILES string of the molecule is CCC(CC)CNC1CCOc2c(Cl)cc(Cl)cc21. The molecule has 1 heterocycles. The molecule has 1 aromatic carbocycles. The Morgan fingerprint density at radius 2 is 2.05 bits per heavy atom. The second-order valence-electron chi connectivity index (χ2n) is 5.09. The highest BCUT2D eigenvalue weighted by Gasteiger charge is 2.24. The standard InChI is InChI=1S/C15H21Cl2NO/c1-3-10(4-2)9-18-14-5-6-19-15-12(14)7-11(16)8-13(15)17/h7-8,10,14,18H,3-6,9H2,1-2H3. The Balaban J connectivity index is 2.13. The summed E-state index contributed by atoms with van der Waals surface area (Å²) < 4.78 is 5.67. The van der Waals surface area contributed by atoms with Gasteiger partial charge in [-0.3, -0.25) is 0 Å². The lowest BCUT2D eigenvalue weighted by Crippen LogP contribution is -2.31. The van der Waals surface area contributed by atoms with Gasteiger partial charge in [-0.05, 0) is 24.6 Å². The van der Waals surface area contributed by atoms with E-state index in [-0.39, 0.29) is 0 Å². The van der Waals surface area contributed by atoms with Crippen LogP contribution in [0.15, 0.2) is 12.1 Å². The van der Waals surface area contributed by atoms with E-state index in [0.29, 0.717) is 22.7 Å². The third kappa shape index (κ3) is 3.56. The van der Waals surface area contributed by atoms with E-state index in [9.17, 15) is 0 Å². The van der Waals surface area contributed by atoms with Crippen LogP contribution in [0.4, 0.5) is 0 Å². The molecule has 1 aromatic rings. The highest BCUT2D eigenvalue weighted by molar-refractivity contribution is 6.35. The summed E-state index contributed by atoms with van der Waals surface area (Å²) in [6, 6.07) is 4.00. The fraction of sp³-hybridized carbons (Fsp3) is 0.600. The summed E-state index contributed by atoms with van der Waals surface area (Å²) >= 11 is 12.3. The van der Waals surface area contributed by atoms with Crippen LogP contribution >= 0.6 is 23.2 Å². The topological polar surface area (TPSA) is 21.3 Å². The van der Waals surface area contributed by atoms with Crippen LogP contribution in [0.3, 0.4) is 0 Å². The van der Waals surface area contributed by atoms with E-state index in [1.807, 2.05) is 6.07 Å². The van der Waals surface area contributed by atoms with Gasteiger partial charge in [-0.1, -0.05) is 49.9 Å². The molecule has 1 atom stereocenters. The van der Waals surface area contributed by atoms with Crippen molar-refractivity contribution in [1.82, 2.24) is 5.32 Å². The van der Waals surface area contributed by atoms with Crippen LogP contribution in [0.25, 0.3) is 0 Å². The average molecular weight is 302 g/mol. The largest absolute Gasteiger partial charge is 0.492 e. The van der Waals surface area contributed by atoms with Crippen LogP contribution in [-0.2, 0) is 0 Å². The smallest absolute Gasteiger partial charge is 0.142 e. The molecule has 0 bridgehead atoms. The second-order valence-corrected chi connectivity index (χ2v) is 5.93. The molecular weight excluding hydrogens is 281 g/mol. The van der Waals surface area contributed by atoms with E-state index in [0.717, 1.165) is 30.2 Å². The Labute approximate surface area is 125 Å². The van der Waals surface area contributed by atoms with Gasteiger partial charge in [0.2, 0.25) is 0 Å². The first-order valence-corrected chi connectivity index (χ1v) is 7.76. The maximum atomic E-state index is 6.19. The van der Waals surface area contributed by atoms with Gasteiger partial charge in [0.05, 0.1) is 11.6 Å². The van der Waals surface area contributed by atoms with Gasteiger partial charge in [0.25, 0.3) is 0 Å². The number of halogens is 2. The van der Waals surface area contributed by atoms with Gasteiger partial charge in [-0.25, -0.2) is 0 Å². The number of nitrogens with one attached hydrogen (secondary N) is 1. The molecule has 0 saturated carbocycles. The molecule has 1 aliphatic rings. The lowest BCUT2D eigenvalue weighted by Gasteiger charge is -2.29. The Morgan fingerprint density at radius 3 is 2.74 bits per heavy atom. The maximum absolute atomic E-state index is 6.19. The summed E-state index contributed by atoms with van der Waals surface area (Å²) in [6.07, 6.45) is 3.37. The van der Waals surface area contributed by atoms with Crippen molar-refractivity contribution in [2.75, 3.05) is 13.2 Å². The summed E-state index contributed by atoms with van der Waals surface area (Å²) in [5.74, 6) is 1.51. The van der Waals surface area contributed by atoms with Gasteiger partial charge in [0.15, 0.2) is 0 Å². The van der Waals surface area contributed by atoms with Crippen LogP contribution < -0.4 is 10.1 Å². The van der Waals surface area contributed by atoms with Gasteiger partial charge >= 0.3 is 0 Å². The molecule has 0 aromatic heterocycles. The number of hydrogen-bond acceptors (Lipinski definition) is 2. The molecule has 1 aliphatic heterocycles. The number of hydrogen-bond donors (Lipinski definition) is 1. The fourth-order valence-electron chi connectivity index (χ4n) is 2.52. The number of fused-ring (bicyclic) bond motifs is 1. The van der Waals surface area contributed by atoms with Gasteiger partial charge in [0.1, 0.15) is 5.75 Å². The molecule has 19 heavy (non-hydrogen) atoms. The molecule has 0 saturated heterocycles. The molecule has 0 fully saturated rings. The number of rotatable bonds is 5. The van der Waals surface area contributed by atoms with Crippen LogP contribution in [0.2, 0.25) is 10.0 Å². The van der Waals surface area contributed by atoms with Crippen LogP contribution in [0, 0.1) is 5.92 Å². The first kappa shape index (κ1) is 15.0. The summed E-state index contributed by atoms with van der Waals surface area (Å²) in [5, 5.41) is 4.91. The van der Waals surface area contributed by atoms with Gasteiger partial charge in [-0.2, -0.15) is 0 Å². The molecule has 106 valence electrons. The quantitative estimate of drug-likeness (QED) is 0.840. The Morgan fingerprint density at radius 1 is 1.32 bits per heavy atom. The van der Waals surface area contributed by atoms with Crippen molar-refractivity contribution in [3.63, 3.8) is 0 Å². The Hall–Kier alpha value is -0.440. The molecule has 0 radical (unpaired) electrons. The molecule has 1 N–H and O–H groups in total. The van der Waals surface area contributed by atoms with E-state index in [1.165, 1.54) is 12.8 Å². The molecular formula is C15H21Cl2NO. The van der Waals surface area contributed by atoms with Crippen LogP contribution in [0.1, 0.15) is 44.7 Å². The Kier molecular flexibility index (Phi) is 5.37. The van der Waals surface area contributed by atoms with Crippen molar-refractivity contribution in [2.45, 2.75) is 39.2 Å². The minimum atomic E-state index is 0.292. The summed E-state index contributed by atoms with van der Waals surface area (Å²) in [4.78, 5) is 0. The molecule has 0 aliphatic carbocycles. The predicted octanol–water partition coefficient (Wildman–Crippen LogP) is 4.84. The first-order valence-electron chi connectivity index (χ1n) is 7.00. The van der Waals surface area contributed by atoms with Gasteiger partial charge < -0.3 is 10.1 Å². The van der Waals surface area contributed by atoms with Gasteiger partial charge in [-0.15, -0.1) is 0 Å². The molecule has 2 nitrogen and oxygen atoms in total. The molecule has 4 heteroatoms. The van der Waals surface area contributed by atoms with Crippen LogP contribution in [0.5, 0.6) is 5.75 Å². The molecule has 0 spiro atoms. The normalized spacial score (nSPS) is 18.3. The fourth-order valence-corrected chi connectivity index (χ4v) is 3.09. The van der Waals surface area contributed by atoms with E-state index in [1.54, 1.807) is 6.07 Å². The lowest BCUT2D eigenvalue weighted by atomic mass is 9.98. The van der Waals surface area contributed by atoms with Crippen molar-refractivity contribution in [1.29, 1.82) is 0 Å². The van der Waals surface area contributed by atoms with E-state index in [4.69, 9.17) is 27.9 Å². The molecule has 1 unspecified atom stereocenters. The van der Waals surface area contributed by atoms with Gasteiger partial charge in [0, 0.05) is 23.0 Å². The predicted molar refractivity (Wildman–Crippen MR) is 81.4 cm³/mol. The zero-order chi connectivity index (χ0) is 13.8. The summed E-state index contributed by atoms with van der Waals surface area (Å²) in [6.45, 7) is 6.21. The third-order valence-electron chi connectivity index (χ3n) is 3.87. The summed E-state index contributed by atoms with van der Waals surface area (Å²) in [5.41, 5.74) is 1.09. The monoisotopic (exact) mass is 301 g/mol. The third-order valence-corrected chi connectivity index (χ3v) is 4.37. The molecule has 2 rings (SSSR count).